The Morgan fingerprint density at radius 1 is 1.28 bits per heavy atom. The molecule has 0 saturated carbocycles. The number of ether oxygens (including phenoxy) is 1. The molecule has 134 valence electrons. The zero-order valence-electron chi connectivity index (χ0n) is 13.5. The van der Waals surface area contributed by atoms with E-state index in [1.165, 1.54) is 11.3 Å². The van der Waals surface area contributed by atoms with E-state index < -0.39 is 6.10 Å². The molecule has 2 aliphatic heterocycles. The third-order valence-corrected chi connectivity index (χ3v) is 6.92. The fraction of sp³-hybridized carbons (Fsp3) is 0.444. The molecule has 4 rings (SSSR count). The standard InChI is InChI=1S/C18H19Cl2NO3S/c19-13-3-1-2-11(16(13)23)9-21-6-4-18(5-7-21)17-12(8-15(20)25-17)14(22)10-24-18/h1-3,8,14,22-23H,4-7,9-10H2. The molecular weight excluding hydrogens is 381 g/mol. The number of nitrogens with zero attached hydrogens (tertiary/aromatic N) is 1. The average Bonchev–Trinajstić information content (AvgIpc) is 3.01. The molecule has 1 spiro atoms. The predicted octanol–water partition coefficient (Wildman–Crippen LogP) is 4.32. The maximum Gasteiger partial charge on any atom is 0.138 e. The average molecular weight is 400 g/mol. The second kappa shape index (κ2) is 6.72. The highest BCUT2D eigenvalue weighted by Crippen LogP contribution is 2.49. The normalized spacial score (nSPS) is 22.9. The highest BCUT2D eigenvalue weighted by atomic mass is 35.5. The molecule has 0 radical (unpaired) electrons. The molecule has 4 nitrogen and oxygen atoms in total. The summed E-state index contributed by atoms with van der Waals surface area (Å²) in [6.07, 6.45) is 1.08. The van der Waals surface area contributed by atoms with E-state index in [1.807, 2.05) is 18.2 Å². The molecule has 1 unspecified atom stereocenters. The van der Waals surface area contributed by atoms with Gasteiger partial charge in [0.2, 0.25) is 0 Å². The quantitative estimate of drug-likeness (QED) is 0.789. The molecule has 2 aromatic rings. The number of benzene rings is 1. The van der Waals surface area contributed by atoms with Gasteiger partial charge in [0, 0.05) is 35.6 Å². The summed E-state index contributed by atoms with van der Waals surface area (Å²) in [5.41, 5.74) is 1.41. The number of aliphatic hydroxyl groups is 1. The molecule has 0 bridgehead atoms. The van der Waals surface area contributed by atoms with Crippen LogP contribution in [-0.4, -0.2) is 34.8 Å². The zero-order valence-corrected chi connectivity index (χ0v) is 15.9. The first-order valence-corrected chi connectivity index (χ1v) is 9.86. The second-order valence-corrected chi connectivity index (χ2v) is 8.77. The molecule has 1 fully saturated rings. The van der Waals surface area contributed by atoms with E-state index in [0.29, 0.717) is 22.5 Å². The van der Waals surface area contributed by atoms with Gasteiger partial charge in [-0.2, -0.15) is 0 Å². The Kier molecular flexibility index (Phi) is 4.73. The van der Waals surface area contributed by atoms with Crippen LogP contribution in [0.25, 0.3) is 0 Å². The number of hydrogen-bond donors (Lipinski definition) is 2. The van der Waals surface area contributed by atoms with Crippen molar-refractivity contribution < 1.29 is 14.9 Å². The van der Waals surface area contributed by atoms with Crippen molar-refractivity contribution in [2.24, 2.45) is 0 Å². The first-order valence-electron chi connectivity index (χ1n) is 8.29. The van der Waals surface area contributed by atoms with Crippen LogP contribution in [0.2, 0.25) is 9.36 Å². The number of aliphatic hydroxyl groups excluding tert-OH is 1. The zero-order chi connectivity index (χ0) is 17.6. The van der Waals surface area contributed by atoms with Crippen molar-refractivity contribution in [2.75, 3.05) is 19.7 Å². The molecule has 1 aromatic heterocycles. The summed E-state index contributed by atoms with van der Waals surface area (Å²) in [4.78, 5) is 3.36. The van der Waals surface area contributed by atoms with E-state index in [2.05, 4.69) is 4.90 Å². The highest BCUT2D eigenvalue weighted by molar-refractivity contribution is 7.16. The Morgan fingerprint density at radius 3 is 2.80 bits per heavy atom. The fourth-order valence-corrected chi connectivity index (χ4v) is 5.43. The van der Waals surface area contributed by atoms with Gasteiger partial charge in [-0.1, -0.05) is 35.3 Å². The number of aromatic hydroxyl groups is 1. The number of hydrogen-bond acceptors (Lipinski definition) is 5. The Labute approximate surface area is 160 Å². The third-order valence-electron chi connectivity index (χ3n) is 5.15. The monoisotopic (exact) mass is 399 g/mol. The van der Waals surface area contributed by atoms with Crippen LogP contribution in [0.1, 0.15) is 34.9 Å². The first-order chi connectivity index (χ1) is 12.0. The van der Waals surface area contributed by atoms with E-state index in [1.54, 1.807) is 6.07 Å². The number of piperidine rings is 1. The van der Waals surface area contributed by atoms with Crippen LogP contribution < -0.4 is 0 Å². The van der Waals surface area contributed by atoms with Crippen molar-refractivity contribution in [3.05, 3.63) is 49.6 Å². The summed E-state index contributed by atoms with van der Waals surface area (Å²) in [7, 11) is 0. The molecule has 1 saturated heterocycles. The second-order valence-electron chi connectivity index (χ2n) is 6.68. The SMILES string of the molecule is Oc1c(Cl)cccc1CN1CCC2(CC1)OCC(O)c1cc(Cl)sc12. The van der Waals surface area contributed by atoms with Crippen molar-refractivity contribution in [3.63, 3.8) is 0 Å². The summed E-state index contributed by atoms with van der Waals surface area (Å²) in [5, 5.41) is 20.7. The largest absolute Gasteiger partial charge is 0.506 e. The van der Waals surface area contributed by atoms with Gasteiger partial charge in [0.25, 0.3) is 0 Å². The molecule has 3 heterocycles. The minimum Gasteiger partial charge on any atom is -0.506 e. The van der Waals surface area contributed by atoms with Crippen molar-refractivity contribution >= 4 is 34.5 Å². The number of para-hydroxylation sites is 1. The number of phenols is 1. The molecule has 0 amide bonds. The summed E-state index contributed by atoms with van der Waals surface area (Å²) in [5.74, 6) is 0.161. The van der Waals surface area contributed by atoms with Gasteiger partial charge in [0.05, 0.1) is 16.0 Å². The topological polar surface area (TPSA) is 52.9 Å². The van der Waals surface area contributed by atoms with Crippen molar-refractivity contribution in [3.8, 4) is 5.75 Å². The summed E-state index contributed by atoms with van der Waals surface area (Å²) < 4.78 is 6.80. The van der Waals surface area contributed by atoms with Crippen LogP contribution in [0.5, 0.6) is 5.75 Å². The van der Waals surface area contributed by atoms with Crippen molar-refractivity contribution in [2.45, 2.75) is 31.1 Å². The van der Waals surface area contributed by atoms with E-state index in [0.717, 1.165) is 41.9 Å². The molecule has 1 atom stereocenters. The van der Waals surface area contributed by atoms with Crippen LogP contribution >= 0.6 is 34.5 Å². The van der Waals surface area contributed by atoms with Gasteiger partial charge in [-0.15, -0.1) is 11.3 Å². The first kappa shape index (κ1) is 17.6. The van der Waals surface area contributed by atoms with Gasteiger partial charge in [-0.25, -0.2) is 0 Å². The van der Waals surface area contributed by atoms with Crippen molar-refractivity contribution in [1.29, 1.82) is 0 Å². The molecular formula is C18H19Cl2NO3S. The number of likely N-dealkylation sites (tertiary alicyclic amines) is 1. The molecule has 1 aromatic carbocycles. The molecule has 2 N–H and O–H groups in total. The fourth-order valence-electron chi connectivity index (χ4n) is 3.74. The van der Waals surface area contributed by atoms with E-state index >= 15 is 0 Å². The number of phenolic OH excluding ortho intramolecular Hbond substituents is 1. The number of fused-ring (bicyclic) bond motifs is 2. The number of rotatable bonds is 2. The van der Waals surface area contributed by atoms with Crippen LogP contribution in [-0.2, 0) is 16.9 Å². The lowest BCUT2D eigenvalue weighted by molar-refractivity contribution is -0.129. The summed E-state index contributed by atoms with van der Waals surface area (Å²) in [6.45, 7) is 2.66. The van der Waals surface area contributed by atoms with Crippen LogP contribution in [0.4, 0.5) is 0 Å². The summed E-state index contributed by atoms with van der Waals surface area (Å²) >= 11 is 13.7. The van der Waals surface area contributed by atoms with Gasteiger partial charge in [0.1, 0.15) is 17.5 Å². The van der Waals surface area contributed by atoms with Crippen molar-refractivity contribution in [1.82, 2.24) is 4.90 Å². The van der Waals surface area contributed by atoms with Crippen LogP contribution in [0.15, 0.2) is 24.3 Å². The van der Waals surface area contributed by atoms with E-state index in [9.17, 15) is 10.2 Å². The maximum absolute atomic E-state index is 10.2. The number of halogens is 2. The van der Waals surface area contributed by atoms with E-state index in [-0.39, 0.29) is 11.4 Å². The molecule has 0 aliphatic carbocycles. The smallest absolute Gasteiger partial charge is 0.138 e. The third kappa shape index (κ3) is 3.18. The van der Waals surface area contributed by atoms with Gasteiger partial charge in [-0.05, 0) is 25.0 Å². The maximum atomic E-state index is 10.2. The highest BCUT2D eigenvalue weighted by Gasteiger charge is 2.44. The minimum atomic E-state index is -0.592. The Bertz CT molecular complexity index is 787. The molecule has 2 aliphatic rings. The predicted molar refractivity (Wildman–Crippen MR) is 99.5 cm³/mol. The Morgan fingerprint density at radius 2 is 2.04 bits per heavy atom. The molecule has 25 heavy (non-hydrogen) atoms. The van der Waals surface area contributed by atoms with Gasteiger partial charge in [0.15, 0.2) is 0 Å². The van der Waals surface area contributed by atoms with Crippen LogP contribution in [0.3, 0.4) is 0 Å². The Balaban J connectivity index is 1.50. The Hall–Kier alpha value is -0.820. The van der Waals surface area contributed by atoms with Gasteiger partial charge >= 0.3 is 0 Å². The van der Waals surface area contributed by atoms with Crippen LogP contribution in [0, 0.1) is 0 Å². The number of thiophene rings is 1. The lowest BCUT2D eigenvalue weighted by Crippen LogP contribution is -2.46. The summed E-state index contributed by atoms with van der Waals surface area (Å²) in [6, 6.07) is 7.31. The molecule has 7 heteroatoms. The lowest BCUT2D eigenvalue weighted by Gasteiger charge is -2.44. The lowest BCUT2D eigenvalue weighted by atomic mass is 9.84. The van der Waals surface area contributed by atoms with E-state index in [4.69, 9.17) is 27.9 Å². The van der Waals surface area contributed by atoms with Gasteiger partial charge in [-0.3, -0.25) is 4.90 Å². The minimum absolute atomic E-state index is 0.161. The van der Waals surface area contributed by atoms with Gasteiger partial charge < -0.3 is 14.9 Å².